The predicted octanol–water partition coefficient (Wildman–Crippen LogP) is 1.61. The summed E-state index contributed by atoms with van der Waals surface area (Å²) >= 11 is 0. The maximum atomic E-state index is 12.2. The molecule has 6 nitrogen and oxygen atoms in total. The van der Waals surface area contributed by atoms with Crippen molar-refractivity contribution in [2.45, 2.75) is 31.9 Å². The number of hydrogen-bond donors (Lipinski definition) is 1. The van der Waals surface area contributed by atoms with Gasteiger partial charge in [-0.05, 0) is 31.9 Å². The third-order valence-corrected chi connectivity index (χ3v) is 5.15. The van der Waals surface area contributed by atoms with Gasteiger partial charge in [-0.2, -0.15) is 0 Å². The highest BCUT2D eigenvalue weighted by molar-refractivity contribution is 5.78. The van der Waals surface area contributed by atoms with Crippen molar-refractivity contribution in [1.29, 1.82) is 0 Å². The van der Waals surface area contributed by atoms with Crippen molar-refractivity contribution in [3.63, 3.8) is 0 Å². The Morgan fingerprint density at radius 3 is 2.79 bits per heavy atom. The number of ether oxygens (including phenoxy) is 1. The molecule has 24 heavy (non-hydrogen) atoms. The van der Waals surface area contributed by atoms with Crippen LogP contribution in [-0.4, -0.2) is 59.8 Å². The SMILES string of the molecule is CC1CN(C2CCN(c3nc4ccccc4c(=O)[nH]3)CC2)CCO1. The highest BCUT2D eigenvalue weighted by Crippen LogP contribution is 2.22. The van der Waals surface area contributed by atoms with Crippen molar-refractivity contribution < 1.29 is 4.74 Å². The van der Waals surface area contributed by atoms with E-state index in [1.807, 2.05) is 24.3 Å². The van der Waals surface area contributed by atoms with E-state index in [0.29, 0.717) is 23.5 Å². The van der Waals surface area contributed by atoms with Crippen LogP contribution in [0.5, 0.6) is 0 Å². The summed E-state index contributed by atoms with van der Waals surface area (Å²) in [5, 5.41) is 0.651. The summed E-state index contributed by atoms with van der Waals surface area (Å²) in [6.45, 7) is 6.89. The van der Waals surface area contributed by atoms with Gasteiger partial charge in [0, 0.05) is 32.2 Å². The smallest absolute Gasteiger partial charge is 0.260 e. The second-order valence-electron chi connectivity index (χ2n) is 6.80. The standard InChI is InChI=1S/C18H24N4O2/c1-13-12-22(10-11-24-13)14-6-8-21(9-7-14)18-19-16-5-3-2-4-15(16)17(23)20-18/h2-5,13-14H,6-12H2,1H3,(H,19,20,23). The van der Waals surface area contributed by atoms with Gasteiger partial charge in [-0.25, -0.2) is 4.98 Å². The highest BCUT2D eigenvalue weighted by Gasteiger charge is 2.28. The molecule has 0 radical (unpaired) electrons. The first-order valence-electron chi connectivity index (χ1n) is 8.80. The van der Waals surface area contributed by atoms with E-state index in [0.717, 1.165) is 51.1 Å². The minimum absolute atomic E-state index is 0.0558. The van der Waals surface area contributed by atoms with Crippen LogP contribution in [0.2, 0.25) is 0 Å². The van der Waals surface area contributed by atoms with Gasteiger partial charge in [0.25, 0.3) is 5.56 Å². The molecule has 0 bridgehead atoms. The molecular weight excluding hydrogens is 304 g/mol. The van der Waals surface area contributed by atoms with Gasteiger partial charge < -0.3 is 9.64 Å². The molecule has 1 unspecified atom stereocenters. The molecule has 2 fully saturated rings. The van der Waals surface area contributed by atoms with E-state index in [1.165, 1.54) is 0 Å². The number of para-hydroxylation sites is 1. The summed E-state index contributed by atoms with van der Waals surface area (Å²) in [4.78, 5) is 24.6. The van der Waals surface area contributed by atoms with Gasteiger partial charge in [0.05, 0.1) is 23.6 Å². The van der Waals surface area contributed by atoms with Crippen LogP contribution in [0.3, 0.4) is 0 Å². The van der Waals surface area contributed by atoms with Crippen LogP contribution in [0, 0.1) is 0 Å². The Balaban J connectivity index is 1.47. The lowest BCUT2D eigenvalue weighted by atomic mass is 10.0. The van der Waals surface area contributed by atoms with Crippen LogP contribution in [0.15, 0.2) is 29.1 Å². The number of nitrogens with zero attached hydrogens (tertiary/aromatic N) is 3. The molecule has 0 aliphatic carbocycles. The fraction of sp³-hybridized carbons (Fsp3) is 0.556. The number of piperidine rings is 1. The Hall–Kier alpha value is -1.92. The number of benzene rings is 1. The van der Waals surface area contributed by atoms with Gasteiger partial charge in [-0.1, -0.05) is 12.1 Å². The molecule has 0 spiro atoms. The Morgan fingerprint density at radius 1 is 1.21 bits per heavy atom. The van der Waals surface area contributed by atoms with Crippen molar-refractivity contribution >= 4 is 16.9 Å². The number of aromatic nitrogens is 2. The molecule has 2 aliphatic rings. The second kappa shape index (κ2) is 6.53. The van der Waals surface area contributed by atoms with Crippen LogP contribution in [0.4, 0.5) is 5.95 Å². The molecule has 2 saturated heterocycles. The number of hydrogen-bond acceptors (Lipinski definition) is 5. The summed E-state index contributed by atoms with van der Waals surface area (Å²) in [5.41, 5.74) is 0.708. The molecule has 6 heteroatoms. The average molecular weight is 328 g/mol. The Kier molecular flexibility index (Phi) is 4.24. The first kappa shape index (κ1) is 15.6. The Morgan fingerprint density at radius 2 is 2.00 bits per heavy atom. The fourth-order valence-corrected chi connectivity index (χ4v) is 3.84. The number of aromatic amines is 1. The fourth-order valence-electron chi connectivity index (χ4n) is 3.84. The zero-order valence-electron chi connectivity index (χ0n) is 14.1. The van der Waals surface area contributed by atoms with Gasteiger partial charge in [-0.15, -0.1) is 0 Å². The topological polar surface area (TPSA) is 61.5 Å². The molecule has 2 aliphatic heterocycles. The largest absolute Gasteiger partial charge is 0.376 e. The van der Waals surface area contributed by atoms with Crippen LogP contribution in [-0.2, 0) is 4.74 Å². The summed E-state index contributed by atoms with van der Waals surface area (Å²) in [7, 11) is 0. The first-order valence-corrected chi connectivity index (χ1v) is 8.80. The summed E-state index contributed by atoms with van der Waals surface area (Å²) in [6, 6.07) is 8.12. The monoisotopic (exact) mass is 328 g/mol. The number of anilines is 1. The number of H-pyrrole nitrogens is 1. The van der Waals surface area contributed by atoms with E-state index in [9.17, 15) is 4.79 Å². The van der Waals surface area contributed by atoms with E-state index in [1.54, 1.807) is 0 Å². The highest BCUT2D eigenvalue weighted by atomic mass is 16.5. The van der Waals surface area contributed by atoms with E-state index in [4.69, 9.17) is 4.74 Å². The van der Waals surface area contributed by atoms with Crippen molar-refractivity contribution in [2.24, 2.45) is 0 Å². The van der Waals surface area contributed by atoms with Crippen LogP contribution < -0.4 is 10.5 Å². The second-order valence-corrected chi connectivity index (χ2v) is 6.80. The number of nitrogens with one attached hydrogen (secondary N) is 1. The predicted molar refractivity (Wildman–Crippen MR) is 94.6 cm³/mol. The minimum Gasteiger partial charge on any atom is -0.376 e. The first-order chi connectivity index (χ1) is 11.7. The molecular formula is C18H24N4O2. The molecule has 0 saturated carbocycles. The molecule has 4 rings (SSSR count). The molecule has 1 atom stereocenters. The van der Waals surface area contributed by atoms with E-state index in [2.05, 4.69) is 26.7 Å². The van der Waals surface area contributed by atoms with E-state index >= 15 is 0 Å². The van der Waals surface area contributed by atoms with Gasteiger partial charge in [-0.3, -0.25) is 14.7 Å². The van der Waals surface area contributed by atoms with Crippen molar-refractivity contribution in [3.05, 3.63) is 34.6 Å². The molecule has 1 aromatic carbocycles. The normalized spacial score (nSPS) is 23.7. The minimum atomic E-state index is -0.0558. The molecule has 1 aromatic heterocycles. The summed E-state index contributed by atoms with van der Waals surface area (Å²) in [6.07, 6.45) is 2.53. The molecule has 1 N–H and O–H groups in total. The Labute approximate surface area is 141 Å². The van der Waals surface area contributed by atoms with E-state index in [-0.39, 0.29) is 5.56 Å². The van der Waals surface area contributed by atoms with Crippen LogP contribution >= 0.6 is 0 Å². The lowest BCUT2D eigenvalue weighted by Gasteiger charge is -2.41. The van der Waals surface area contributed by atoms with Crippen LogP contribution in [0.25, 0.3) is 10.9 Å². The van der Waals surface area contributed by atoms with Gasteiger partial charge >= 0.3 is 0 Å². The number of fused-ring (bicyclic) bond motifs is 1. The summed E-state index contributed by atoms with van der Waals surface area (Å²) < 4.78 is 5.64. The van der Waals surface area contributed by atoms with Gasteiger partial charge in [0.15, 0.2) is 0 Å². The molecule has 0 amide bonds. The number of morpholine rings is 1. The average Bonchev–Trinajstić information content (AvgIpc) is 2.62. The maximum Gasteiger partial charge on any atom is 0.260 e. The lowest BCUT2D eigenvalue weighted by Crippen LogP contribution is -2.51. The maximum absolute atomic E-state index is 12.2. The summed E-state index contributed by atoms with van der Waals surface area (Å²) in [5.74, 6) is 0.701. The zero-order chi connectivity index (χ0) is 16.5. The molecule has 3 heterocycles. The number of rotatable bonds is 2. The van der Waals surface area contributed by atoms with Crippen LogP contribution in [0.1, 0.15) is 19.8 Å². The van der Waals surface area contributed by atoms with Gasteiger partial charge in [0.1, 0.15) is 0 Å². The van der Waals surface area contributed by atoms with Crippen molar-refractivity contribution in [3.8, 4) is 0 Å². The lowest BCUT2D eigenvalue weighted by molar-refractivity contribution is -0.0374. The van der Waals surface area contributed by atoms with Gasteiger partial charge in [0.2, 0.25) is 5.95 Å². The van der Waals surface area contributed by atoms with E-state index < -0.39 is 0 Å². The van der Waals surface area contributed by atoms with Crippen molar-refractivity contribution in [1.82, 2.24) is 14.9 Å². The van der Waals surface area contributed by atoms with Crippen molar-refractivity contribution in [2.75, 3.05) is 37.7 Å². The third-order valence-electron chi connectivity index (χ3n) is 5.15. The molecule has 2 aromatic rings. The third kappa shape index (κ3) is 3.03. The Bertz CT molecular complexity index is 767. The molecule has 128 valence electrons. The zero-order valence-corrected chi connectivity index (χ0v) is 14.1. The quantitative estimate of drug-likeness (QED) is 0.907.